The zero-order valence-corrected chi connectivity index (χ0v) is 12.3. The molecule has 1 N–H and O–H groups in total. The van der Waals surface area contributed by atoms with Crippen molar-refractivity contribution < 1.29 is 0 Å². The van der Waals surface area contributed by atoms with Gasteiger partial charge in [0.25, 0.3) is 5.56 Å². The maximum absolute atomic E-state index is 12.3. The van der Waals surface area contributed by atoms with E-state index in [4.69, 9.17) is 0 Å². The van der Waals surface area contributed by atoms with E-state index >= 15 is 0 Å². The van der Waals surface area contributed by atoms with Gasteiger partial charge in [-0.2, -0.15) is 0 Å². The number of aromatic nitrogens is 2. The van der Waals surface area contributed by atoms with Gasteiger partial charge in [-0.1, -0.05) is 33.6 Å². The van der Waals surface area contributed by atoms with Crippen molar-refractivity contribution in [3.05, 3.63) is 22.7 Å². The average Bonchev–Trinajstić information content (AvgIpc) is 2.77. The van der Waals surface area contributed by atoms with Crippen LogP contribution in [0.25, 0.3) is 0 Å². The summed E-state index contributed by atoms with van der Waals surface area (Å²) in [5.41, 5.74) is 0.324. The SMILES string of the molecule is CC(C)Cn1ccnc(NCC2(C)CCCC2)c1=O. The van der Waals surface area contributed by atoms with Gasteiger partial charge in [0.15, 0.2) is 5.82 Å². The largest absolute Gasteiger partial charge is 0.365 e. The molecule has 0 amide bonds. The van der Waals surface area contributed by atoms with E-state index < -0.39 is 0 Å². The molecular weight excluding hydrogens is 238 g/mol. The van der Waals surface area contributed by atoms with Crippen LogP contribution in [0.15, 0.2) is 17.2 Å². The molecule has 19 heavy (non-hydrogen) atoms. The number of rotatable bonds is 5. The van der Waals surface area contributed by atoms with Gasteiger partial charge in [-0.05, 0) is 24.2 Å². The summed E-state index contributed by atoms with van der Waals surface area (Å²) < 4.78 is 1.75. The third-order valence-electron chi connectivity index (χ3n) is 3.97. The van der Waals surface area contributed by atoms with Crippen molar-refractivity contribution in [2.24, 2.45) is 11.3 Å². The first kappa shape index (κ1) is 14.1. The second-order valence-corrected chi connectivity index (χ2v) is 6.50. The van der Waals surface area contributed by atoms with Crippen LogP contribution in [-0.4, -0.2) is 16.1 Å². The second-order valence-electron chi connectivity index (χ2n) is 6.50. The molecule has 0 saturated heterocycles. The van der Waals surface area contributed by atoms with Crippen LogP contribution in [0.3, 0.4) is 0 Å². The number of hydrogen-bond donors (Lipinski definition) is 1. The summed E-state index contributed by atoms with van der Waals surface area (Å²) in [7, 11) is 0. The summed E-state index contributed by atoms with van der Waals surface area (Å²) in [6.07, 6.45) is 8.57. The van der Waals surface area contributed by atoms with Crippen molar-refractivity contribution >= 4 is 5.82 Å². The van der Waals surface area contributed by atoms with Gasteiger partial charge in [0, 0.05) is 25.5 Å². The molecule has 4 nitrogen and oxygen atoms in total. The molecule has 0 radical (unpaired) electrons. The Hall–Kier alpha value is -1.32. The summed E-state index contributed by atoms with van der Waals surface area (Å²) in [5, 5.41) is 3.26. The van der Waals surface area contributed by atoms with Gasteiger partial charge in [0.1, 0.15) is 0 Å². The fourth-order valence-corrected chi connectivity index (χ4v) is 2.81. The third kappa shape index (κ3) is 3.58. The van der Waals surface area contributed by atoms with Crippen LogP contribution in [0, 0.1) is 11.3 Å². The molecule has 1 fully saturated rings. The monoisotopic (exact) mass is 263 g/mol. The zero-order valence-electron chi connectivity index (χ0n) is 12.3. The predicted octanol–water partition coefficient (Wildman–Crippen LogP) is 2.89. The van der Waals surface area contributed by atoms with E-state index in [-0.39, 0.29) is 5.56 Å². The van der Waals surface area contributed by atoms with Crippen molar-refractivity contribution in [2.75, 3.05) is 11.9 Å². The summed E-state index contributed by atoms with van der Waals surface area (Å²) in [5.74, 6) is 0.955. The van der Waals surface area contributed by atoms with Crippen LogP contribution >= 0.6 is 0 Å². The van der Waals surface area contributed by atoms with Gasteiger partial charge in [-0.25, -0.2) is 4.98 Å². The van der Waals surface area contributed by atoms with Crippen LogP contribution in [-0.2, 0) is 6.54 Å². The molecule has 0 aromatic carbocycles. The molecule has 0 bridgehead atoms. The topological polar surface area (TPSA) is 46.9 Å². The maximum Gasteiger partial charge on any atom is 0.293 e. The summed E-state index contributed by atoms with van der Waals surface area (Å²) in [4.78, 5) is 16.4. The Bertz CT molecular complexity index is 473. The Kier molecular flexibility index (Phi) is 4.27. The van der Waals surface area contributed by atoms with Gasteiger partial charge in [0.2, 0.25) is 0 Å². The van der Waals surface area contributed by atoms with E-state index in [1.807, 2.05) is 0 Å². The summed E-state index contributed by atoms with van der Waals surface area (Å²) >= 11 is 0. The van der Waals surface area contributed by atoms with Gasteiger partial charge >= 0.3 is 0 Å². The van der Waals surface area contributed by atoms with Gasteiger partial charge in [-0.3, -0.25) is 4.79 Å². The Morgan fingerprint density at radius 1 is 1.42 bits per heavy atom. The highest BCUT2D eigenvalue weighted by molar-refractivity contribution is 5.31. The van der Waals surface area contributed by atoms with E-state index in [1.54, 1.807) is 17.0 Å². The number of hydrogen-bond acceptors (Lipinski definition) is 3. The smallest absolute Gasteiger partial charge is 0.293 e. The van der Waals surface area contributed by atoms with Crippen molar-refractivity contribution in [3.63, 3.8) is 0 Å². The molecule has 1 aromatic rings. The molecule has 1 heterocycles. The van der Waals surface area contributed by atoms with E-state index in [2.05, 4.69) is 31.1 Å². The van der Waals surface area contributed by atoms with Crippen LogP contribution < -0.4 is 10.9 Å². The van der Waals surface area contributed by atoms with E-state index in [9.17, 15) is 4.79 Å². The summed E-state index contributed by atoms with van der Waals surface area (Å²) in [6.45, 7) is 8.11. The van der Waals surface area contributed by atoms with Crippen molar-refractivity contribution in [1.29, 1.82) is 0 Å². The molecule has 0 unspecified atom stereocenters. The molecule has 1 aliphatic rings. The molecular formula is C15H25N3O. The molecule has 1 aliphatic carbocycles. The first-order chi connectivity index (χ1) is 9.00. The average molecular weight is 263 g/mol. The number of anilines is 1. The molecule has 0 atom stereocenters. The molecule has 4 heteroatoms. The van der Waals surface area contributed by atoms with Crippen molar-refractivity contribution in [1.82, 2.24) is 9.55 Å². The molecule has 1 saturated carbocycles. The van der Waals surface area contributed by atoms with Gasteiger partial charge in [0.05, 0.1) is 0 Å². The van der Waals surface area contributed by atoms with Gasteiger partial charge in [-0.15, -0.1) is 0 Å². The lowest BCUT2D eigenvalue weighted by Crippen LogP contribution is -2.30. The Labute approximate surface area is 115 Å². The Morgan fingerprint density at radius 3 is 2.74 bits per heavy atom. The lowest BCUT2D eigenvalue weighted by molar-refractivity contribution is 0.361. The van der Waals surface area contributed by atoms with Crippen LogP contribution in [0.2, 0.25) is 0 Å². The Morgan fingerprint density at radius 2 is 2.11 bits per heavy atom. The normalized spacial score (nSPS) is 17.9. The first-order valence-corrected chi connectivity index (χ1v) is 7.29. The third-order valence-corrected chi connectivity index (χ3v) is 3.97. The zero-order chi connectivity index (χ0) is 13.9. The highest BCUT2D eigenvalue weighted by Crippen LogP contribution is 2.37. The minimum absolute atomic E-state index is 0.00204. The Balaban J connectivity index is 2.06. The predicted molar refractivity (Wildman–Crippen MR) is 78.4 cm³/mol. The van der Waals surface area contributed by atoms with Crippen LogP contribution in [0.5, 0.6) is 0 Å². The van der Waals surface area contributed by atoms with Crippen LogP contribution in [0.1, 0.15) is 46.5 Å². The molecule has 106 valence electrons. The summed E-state index contributed by atoms with van der Waals surface area (Å²) in [6, 6.07) is 0. The molecule has 1 aromatic heterocycles. The molecule has 0 aliphatic heterocycles. The van der Waals surface area contributed by atoms with Crippen molar-refractivity contribution in [2.45, 2.75) is 53.0 Å². The lowest BCUT2D eigenvalue weighted by atomic mass is 9.89. The van der Waals surface area contributed by atoms with E-state index in [1.165, 1.54) is 25.7 Å². The number of nitrogens with zero attached hydrogens (tertiary/aromatic N) is 2. The van der Waals surface area contributed by atoms with Gasteiger partial charge < -0.3 is 9.88 Å². The number of nitrogens with one attached hydrogen (secondary N) is 1. The minimum atomic E-state index is -0.00204. The lowest BCUT2D eigenvalue weighted by Gasteiger charge is -2.23. The first-order valence-electron chi connectivity index (χ1n) is 7.29. The quantitative estimate of drug-likeness (QED) is 0.888. The van der Waals surface area contributed by atoms with E-state index in [0.717, 1.165) is 13.1 Å². The fraction of sp³-hybridized carbons (Fsp3) is 0.733. The molecule has 0 spiro atoms. The standard InChI is InChI=1S/C15H25N3O/c1-12(2)10-18-9-8-16-13(14(18)19)17-11-15(3)6-4-5-7-15/h8-9,12H,4-7,10-11H2,1-3H3,(H,16,17). The van der Waals surface area contributed by atoms with Crippen molar-refractivity contribution in [3.8, 4) is 0 Å². The molecule has 2 rings (SSSR count). The van der Waals surface area contributed by atoms with E-state index in [0.29, 0.717) is 17.2 Å². The minimum Gasteiger partial charge on any atom is -0.365 e. The maximum atomic E-state index is 12.3. The highest BCUT2D eigenvalue weighted by atomic mass is 16.1. The second kappa shape index (κ2) is 5.76. The van der Waals surface area contributed by atoms with Crippen LogP contribution in [0.4, 0.5) is 5.82 Å². The fourth-order valence-electron chi connectivity index (χ4n) is 2.81. The highest BCUT2D eigenvalue weighted by Gasteiger charge is 2.28.